The van der Waals surface area contributed by atoms with Crippen LogP contribution in [0.15, 0.2) is 34.3 Å². The predicted octanol–water partition coefficient (Wildman–Crippen LogP) is 2.09. The smallest absolute Gasteiger partial charge is 0.310 e. The average molecular weight is 390 g/mol. The number of anilines is 1. The molecule has 4 heterocycles. The molecule has 2 fully saturated rings. The molecule has 0 radical (unpaired) electrons. The Morgan fingerprint density at radius 3 is 2.67 bits per heavy atom. The fourth-order valence-electron chi connectivity index (χ4n) is 3.78. The van der Waals surface area contributed by atoms with Crippen LogP contribution in [-0.2, 0) is 20.9 Å². The van der Waals surface area contributed by atoms with E-state index >= 15 is 0 Å². The van der Waals surface area contributed by atoms with Gasteiger partial charge in [-0.05, 0) is 36.4 Å². The molecule has 8 nitrogen and oxygen atoms in total. The number of hydrogen-bond donors (Lipinski definition) is 3. The number of furan rings is 1. The molecule has 2 aromatic rings. The maximum absolute atomic E-state index is 12.7. The van der Waals surface area contributed by atoms with Crippen molar-refractivity contribution in [2.24, 2.45) is 11.8 Å². The molecule has 2 aliphatic heterocycles. The second-order valence-corrected chi connectivity index (χ2v) is 7.51. The quantitative estimate of drug-likeness (QED) is 0.695. The van der Waals surface area contributed by atoms with Gasteiger partial charge in [-0.2, -0.15) is 0 Å². The highest BCUT2D eigenvalue weighted by Gasteiger charge is 2.55. The number of carbonyl (C=O) groups excluding carboxylic acids is 2. The molecule has 4 rings (SSSR count). The van der Waals surface area contributed by atoms with Crippen LogP contribution in [0.25, 0.3) is 0 Å². The summed E-state index contributed by atoms with van der Waals surface area (Å²) < 4.78 is 10.8. The van der Waals surface area contributed by atoms with E-state index in [1.54, 1.807) is 23.6 Å². The normalized spacial score (nSPS) is 26.1. The van der Waals surface area contributed by atoms with Crippen molar-refractivity contribution in [2.75, 3.05) is 5.32 Å². The number of carboxylic acids is 1. The summed E-state index contributed by atoms with van der Waals surface area (Å²) in [4.78, 5) is 36.7. The highest BCUT2D eigenvalue weighted by molar-refractivity contribution is 7.14. The molecule has 0 aromatic carbocycles. The van der Waals surface area contributed by atoms with Crippen LogP contribution in [0, 0.1) is 11.8 Å². The molecule has 0 aliphatic carbocycles. The van der Waals surface area contributed by atoms with E-state index in [-0.39, 0.29) is 18.6 Å². The van der Waals surface area contributed by atoms with E-state index in [0.717, 1.165) is 0 Å². The molecule has 2 amide bonds. The minimum Gasteiger partial charge on any atom is -0.481 e. The first-order valence-electron chi connectivity index (χ1n) is 8.62. The van der Waals surface area contributed by atoms with E-state index in [9.17, 15) is 19.5 Å². The van der Waals surface area contributed by atoms with Crippen molar-refractivity contribution in [1.29, 1.82) is 0 Å². The van der Waals surface area contributed by atoms with Gasteiger partial charge in [0.25, 0.3) is 5.91 Å². The standard InChI is InChI=1S/C18H18N2O6S/c21-15(19-8-9-2-1-6-25-9)10-5-7-27-17(10)20-16(22)13-11-3-4-12(26-11)14(13)18(23)24/h1-2,5-7,11-14H,3-4,8H2,(H,19,21)(H,20,22)(H,23,24)/t11-,12-,13+,14-/m0/s1. The molecular weight excluding hydrogens is 372 g/mol. The first-order chi connectivity index (χ1) is 13.0. The van der Waals surface area contributed by atoms with Crippen LogP contribution >= 0.6 is 11.3 Å². The van der Waals surface area contributed by atoms with Crippen LogP contribution in [-0.4, -0.2) is 35.1 Å². The molecule has 2 saturated heterocycles. The molecule has 0 saturated carbocycles. The van der Waals surface area contributed by atoms with Crippen molar-refractivity contribution in [3.63, 3.8) is 0 Å². The van der Waals surface area contributed by atoms with Crippen molar-refractivity contribution in [1.82, 2.24) is 5.32 Å². The second-order valence-electron chi connectivity index (χ2n) is 6.59. The van der Waals surface area contributed by atoms with Crippen LogP contribution in [0.1, 0.15) is 29.0 Å². The Balaban J connectivity index is 1.44. The Kier molecular flexibility index (Phi) is 4.71. The summed E-state index contributed by atoms with van der Waals surface area (Å²) in [6, 6.07) is 5.09. The number of amides is 2. The van der Waals surface area contributed by atoms with Crippen molar-refractivity contribution in [2.45, 2.75) is 31.6 Å². The van der Waals surface area contributed by atoms with Gasteiger partial charge in [-0.1, -0.05) is 0 Å². The minimum atomic E-state index is -1.02. The molecule has 0 unspecified atom stereocenters. The molecule has 0 spiro atoms. The second kappa shape index (κ2) is 7.16. The van der Waals surface area contributed by atoms with E-state index in [0.29, 0.717) is 29.2 Å². The van der Waals surface area contributed by atoms with Gasteiger partial charge in [0.1, 0.15) is 10.8 Å². The van der Waals surface area contributed by atoms with Gasteiger partial charge in [0, 0.05) is 0 Å². The zero-order valence-corrected chi connectivity index (χ0v) is 15.0. The number of nitrogens with one attached hydrogen (secondary N) is 2. The molecule has 27 heavy (non-hydrogen) atoms. The number of hydrogen-bond acceptors (Lipinski definition) is 6. The highest BCUT2D eigenvalue weighted by atomic mass is 32.1. The zero-order valence-electron chi connectivity index (χ0n) is 14.2. The number of fused-ring (bicyclic) bond motifs is 2. The molecule has 142 valence electrons. The van der Waals surface area contributed by atoms with Gasteiger partial charge >= 0.3 is 5.97 Å². The third-order valence-corrected chi connectivity index (χ3v) is 5.84. The lowest BCUT2D eigenvalue weighted by Crippen LogP contribution is -2.41. The summed E-state index contributed by atoms with van der Waals surface area (Å²) in [6.07, 6.45) is 2.06. The maximum atomic E-state index is 12.7. The van der Waals surface area contributed by atoms with E-state index in [2.05, 4.69) is 10.6 Å². The molecule has 2 aromatic heterocycles. The maximum Gasteiger partial charge on any atom is 0.310 e. The van der Waals surface area contributed by atoms with Gasteiger partial charge < -0.3 is 24.9 Å². The molecule has 2 aliphatic rings. The largest absolute Gasteiger partial charge is 0.481 e. The van der Waals surface area contributed by atoms with Crippen LogP contribution in [0.4, 0.5) is 5.00 Å². The summed E-state index contributed by atoms with van der Waals surface area (Å²) in [5.74, 6) is -2.76. The number of thiophene rings is 1. The lowest BCUT2D eigenvalue weighted by molar-refractivity contribution is -0.147. The van der Waals surface area contributed by atoms with Gasteiger partial charge in [0.2, 0.25) is 5.91 Å². The summed E-state index contributed by atoms with van der Waals surface area (Å²) in [5, 5.41) is 17.0. The molecular formula is C18H18N2O6S. The Labute approximate surface area is 158 Å². The summed E-state index contributed by atoms with van der Waals surface area (Å²) in [6.45, 7) is 0.233. The molecule has 9 heteroatoms. The monoisotopic (exact) mass is 390 g/mol. The number of carbonyl (C=O) groups is 3. The van der Waals surface area contributed by atoms with Crippen LogP contribution in [0.2, 0.25) is 0 Å². The summed E-state index contributed by atoms with van der Waals surface area (Å²) >= 11 is 1.21. The minimum absolute atomic E-state index is 0.233. The molecule has 4 atom stereocenters. The lowest BCUT2D eigenvalue weighted by Gasteiger charge is -2.23. The molecule has 2 bridgehead atoms. The SMILES string of the molecule is O=C(NCc1ccco1)c1ccsc1NC(=O)[C@H]1[C@@H](C(=O)O)[C@@H]2CC[C@@H]1O2. The van der Waals surface area contributed by atoms with E-state index in [4.69, 9.17) is 9.15 Å². The third-order valence-electron chi connectivity index (χ3n) is 5.01. The Morgan fingerprint density at radius 1 is 1.19 bits per heavy atom. The van der Waals surface area contributed by atoms with Crippen molar-refractivity contribution in [3.05, 3.63) is 41.2 Å². The molecule has 3 N–H and O–H groups in total. The lowest BCUT2D eigenvalue weighted by atomic mass is 9.79. The van der Waals surface area contributed by atoms with Crippen LogP contribution < -0.4 is 10.6 Å². The topological polar surface area (TPSA) is 118 Å². The zero-order chi connectivity index (χ0) is 19.0. The Bertz CT molecular complexity index is 861. The Hall–Kier alpha value is -2.65. The third kappa shape index (κ3) is 3.35. The van der Waals surface area contributed by atoms with Gasteiger partial charge in [0.05, 0.1) is 42.4 Å². The van der Waals surface area contributed by atoms with Crippen LogP contribution in [0.3, 0.4) is 0 Å². The van der Waals surface area contributed by atoms with Gasteiger partial charge in [-0.15, -0.1) is 11.3 Å². The van der Waals surface area contributed by atoms with Gasteiger partial charge in [-0.3, -0.25) is 14.4 Å². The average Bonchev–Trinajstić information content (AvgIpc) is 3.42. The van der Waals surface area contributed by atoms with E-state index in [1.807, 2.05) is 0 Å². The predicted molar refractivity (Wildman–Crippen MR) is 95.3 cm³/mol. The highest BCUT2D eigenvalue weighted by Crippen LogP contribution is 2.44. The fourth-order valence-corrected chi connectivity index (χ4v) is 4.57. The van der Waals surface area contributed by atoms with Crippen molar-refractivity contribution >= 4 is 34.1 Å². The fraction of sp³-hybridized carbons (Fsp3) is 0.389. The number of aliphatic carboxylic acids is 1. The number of ether oxygens (including phenoxy) is 1. The van der Waals surface area contributed by atoms with E-state index in [1.165, 1.54) is 17.6 Å². The van der Waals surface area contributed by atoms with Crippen molar-refractivity contribution < 1.29 is 28.6 Å². The van der Waals surface area contributed by atoms with Gasteiger partial charge in [0.15, 0.2) is 0 Å². The van der Waals surface area contributed by atoms with Crippen LogP contribution in [0.5, 0.6) is 0 Å². The Morgan fingerprint density at radius 2 is 1.96 bits per heavy atom. The van der Waals surface area contributed by atoms with Gasteiger partial charge in [-0.25, -0.2) is 0 Å². The first-order valence-corrected chi connectivity index (χ1v) is 9.49. The first kappa shape index (κ1) is 17.7. The van der Waals surface area contributed by atoms with E-state index < -0.39 is 29.8 Å². The summed E-state index contributed by atoms with van der Waals surface area (Å²) in [7, 11) is 0. The number of carboxylic acid groups (broad SMARTS) is 1. The van der Waals surface area contributed by atoms with Crippen molar-refractivity contribution in [3.8, 4) is 0 Å². The number of rotatable bonds is 6. The summed E-state index contributed by atoms with van der Waals surface area (Å²) in [5.41, 5.74) is 0.329.